The summed E-state index contributed by atoms with van der Waals surface area (Å²) in [7, 11) is 0. The number of rotatable bonds is 3. The highest BCUT2D eigenvalue weighted by Gasteiger charge is 2.36. The summed E-state index contributed by atoms with van der Waals surface area (Å²) in [6.07, 6.45) is 1.95. The van der Waals surface area contributed by atoms with Crippen LogP contribution in [0, 0.1) is 12.7 Å². The lowest BCUT2D eigenvalue weighted by Crippen LogP contribution is -2.48. The Bertz CT molecular complexity index is 1080. The zero-order chi connectivity index (χ0) is 21.4. The number of ether oxygens (including phenoxy) is 1. The molecule has 9 heteroatoms. The van der Waals surface area contributed by atoms with Crippen molar-refractivity contribution in [1.29, 1.82) is 0 Å². The molecule has 3 heterocycles. The minimum atomic E-state index is -0.935. The van der Waals surface area contributed by atoms with Crippen molar-refractivity contribution in [2.45, 2.75) is 25.9 Å². The van der Waals surface area contributed by atoms with Crippen molar-refractivity contribution >= 4 is 11.8 Å². The number of hydrogen-bond acceptors (Lipinski definition) is 5. The van der Waals surface area contributed by atoms with Gasteiger partial charge in [-0.15, -0.1) is 0 Å². The summed E-state index contributed by atoms with van der Waals surface area (Å²) in [5.74, 6) is -2.43. The highest BCUT2D eigenvalue weighted by molar-refractivity contribution is 5.99. The Morgan fingerprint density at radius 3 is 2.93 bits per heavy atom. The zero-order valence-corrected chi connectivity index (χ0v) is 16.5. The average molecular weight is 415 g/mol. The van der Waals surface area contributed by atoms with E-state index in [0.29, 0.717) is 26.1 Å². The van der Waals surface area contributed by atoms with Crippen LogP contribution in [0.2, 0.25) is 0 Å². The molecule has 1 fully saturated rings. The van der Waals surface area contributed by atoms with Gasteiger partial charge in [0.1, 0.15) is 11.4 Å². The van der Waals surface area contributed by atoms with Crippen molar-refractivity contribution in [3.8, 4) is 5.75 Å². The van der Waals surface area contributed by atoms with Gasteiger partial charge in [0.2, 0.25) is 5.43 Å². The van der Waals surface area contributed by atoms with Gasteiger partial charge in [0, 0.05) is 38.0 Å². The molecular weight excluding hydrogens is 393 g/mol. The smallest absolute Gasteiger partial charge is 0.274 e. The zero-order valence-electron chi connectivity index (χ0n) is 16.5. The molecule has 2 N–H and O–H groups in total. The maximum Gasteiger partial charge on any atom is 0.274 e. The molecular formula is C21H22FN3O5. The van der Waals surface area contributed by atoms with E-state index in [1.807, 2.05) is 0 Å². The Morgan fingerprint density at radius 1 is 1.37 bits per heavy atom. The predicted octanol–water partition coefficient (Wildman–Crippen LogP) is 1.35. The van der Waals surface area contributed by atoms with Crippen molar-refractivity contribution in [1.82, 2.24) is 14.8 Å². The van der Waals surface area contributed by atoms with Crippen LogP contribution in [-0.2, 0) is 11.3 Å². The van der Waals surface area contributed by atoms with E-state index in [2.05, 4.69) is 5.32 Å². The third-order valence-electron chi connectivity index (χ3n) is 5.44. The molecule has 2 aliphatic heterocycles. The molecule has 2 amide bonds. The summed E-state index contributed by atoms with van der Waals surface area (Å²) < 4.78 is 21.1. The molecule has 2 aromatic rings. The van der Waals surface area contributed by atoms with Gasteiger partial charge >= 0.3 is 0 Å². The lowest BCUT2D eigenvalue weighted by atomic mass is 10.1. The van der Waals surface area contributed by atoms with Crippen LogP contribution < -0.4 is 10.7 Å². The Hall–Kier alpha value is -3.20. The highest BCUT2D eigenvalue weighted by atomic mass is 19.1. The van der Waals surface area contributed by atoms with Crippen LogP contribution >= 0.6 is 0 Å². The third-order valence-corrected chi connectivity index (χ3v) is 5.44. The first-order chi connectivity index (χ1) is 14.4. The Morgan fingerprint density at radius 2 is 2.17 bits per heavy atom. The number of pyridine rings is 1. The molecule has 2 aliphatic rings. The molecule has 0 radical (unpaired) electrons. The van der Waals surface area contributed by atoms with Gasteiger partial charge in [-0.25, -0.2) is 4.39 Å². The quantitative estimate of drug-likeness (QED) is 0.788. The van der Waals surface area contributed by atoms with Crippen molar-refractivity contribution < 1.29 is 23.8 Å². The van der Waals surface area contributed by atoms with Crippen LogP contribution in [0.4, 0.5) is 4.39 Å². The number of carbonyl (C=O) groups excluding carboxylic acids is 2. The fourth-order valence-corrected chi connectivity index (χ4v) is 3.83. The number of amides is 2. The van der Waals surface area contributed by atoms with E-state index in [1.165, 1.54) is 16.8 Å². The average Bonchev–Trinajstić information content (AvgIpc) is 2.68. The van der Waals surface area contributed by atoms with E-state index in [4.69, 9.17) is 4.74 Å². The van der Waals surface area contributed by atoms with Gasteiger partial charge in [-0.3, -0.25) is 14.4 Å². The Balaban J connectivity index is 1.65. The normalized spacial score (nSPS) is 18.4. The van der Waals surface area contributed by atoms with Crippen LogP contribution in [0.1, 0.15) is 44.4 Å². The molecule has 8 nitrogen and oxygen atoms in total. The minimum absolute atomic E-state index is 0.119. The fourth-order valence-electron chi connectivity index (χ4n) is 3.83. The van der Waals surface area contributed by atoms with Crippen LogP contribution in [0.15, 0.2) is 29.2 Å². The second kappa shape index (κ2) is 7.91. The van der Waals surface area contributed by atoms with Gasteiger partial charge < -0.3 is 24.6 Å². The standard InChI is InChI=1S/C21H22FN3O5/c1-12-3-4-13(16(22)7-12)8-23-20(28)15-10-25-14-9-24(5-2-6-30-11-14)21(29)17(25)19(27)18(15)26/h3-4,7,10,14,27H,2,5-6,8-9,11H2,1H3,(H,23,28). The van der Waals surface area contributed by atoms with Crippen LogP contribution in [0.3, 0.4) is 0 Å². The summed E-state index contributed by atoms with van der Waals surface area (Å²) >= 11 is 0. The molecule has 0 saturated carbocycles. The van der Waals surface area contributed by atoms with Crippen LogP contribution in [0.25, 0.3) is 0 Å². The van der Waals surface area contributed by atoms with E-state index in [0.717, 1.165) is 5.56 Å². The molecule has 0 aliphatic carbocycles. The molecule has 2 bridgehead atoms. The first-order valence-electron chi connectivity index (χ1n) is 9.75. The van der Waals surface area contributed by atoms with Crippen LogP contribution in [0.5, 0.6) is 5.75 Å². The second-order valence-corrected chi connectivity index (χ2v) is 7.59. The molecule has 0 spiro atoms. The number of nitrogens with one attached hydrogen (secondary N) is 1. The number of nitrogens with zero attached hydrogens (tertiary/aromatic N) is 2. The predicted molar refractivity (Wildman–Crippen MR) is 105 cm³/mol. The SMILES string of the molecule is Cc1ccc(CNC(=O)c2cn3c(c(O)c2=O)C(=O)N2CCCOCC3C2)c(F)c1. The number of aromatic nitrogens is 1. The third kappa shape index (κ3) is 3.56. The largest absolute Gasteiger partial charge is 0.503 e. The van der Waals surface area contributed by atoms with Gasteiger partial charge in [0.15, 0.2) is 11.4 Å². The number of carbonyl (C=O) groups is 2. The summed E-state index contributed by atoms with van der Waals surface area (Å²) in [6.45, 7) is 3.25. The van der Waals surface area contributed by atoms with Crippen molar-refractivity contribution in [3.63, 3.8) is 0 Å². The maximum atomic E-state index is 14.0. The first kappa shape index (κ1) is 20.1. The van der Waals surface area contributed by atoms with Gasteiger partial charge in [0.25, 0.3) is 11.8 Å². The second-order valence-electron chi connectivity index (χ2n) is 7.59. The Labute approximate surface area is 171 Å². The molecule has 1 aromatic carbocycles. The lowest BCUT2D eigenvalue weighted by molar-refractivity contribution is 0.0323. The van der Waals surface area contributed by atoms with E-state index in [-0.39, 0.29) is 36.0 Å². The Kier molecular flexibility index (Phi) is 5.29. The van der Waals surface area contributed by atoms with Crippen molar-refractivity contribution in [2.24, 2.45) is 0 Å². The molecule has 1 atom stereocenters. The number of aryl methyl sites for hydroxylation is 1. The molecule has 158 valence electrons. The number of halogens is 1. The van der Waals surface area contributed by atoms with E-state index in [1.54, 1.807) is 24.0 Å². The molecule has 30 heavy (non-hydrogen) atoms. The highest BCUT2D eigenvalue weighted by Crippen LogP contribution is 2.28. The minimum Gasteiger partial charge on any atom is -0.503 e. The van der Waals surface area contributed by atoms with E-state index >= 15 is 0 Å². The summed E-state index contributed by atoms with van der Waals surface area (Å²) in [6, 6.07) is 4.30. The summed E-state index contributed by atoms with van der Waals surface area (Å²) in [5, 5.41) is 13.0. The monoisotopic (exact) mass is 415 g/mol. The summed E-state index contributed by atoms with van der Waals surface area (Å²) in [4.78, 5) is 39.6. The van der Waals surface area contributed by atoms with Gasteiger partial charge in [-0.2, -0.15) is 0 Å². The topological polar surface area (TPSA) is 101 Å². The van der Waals surface area contributed by atoms with Crippen LogP contribution in [-0.4, -0.2) is 52.7 Å². The number of hydrogen-bond donors (Lipinski definition) is 2. The van der Waals surface area contributed by atoms with E-state index < -0.39 is 28.8 Å². The number of fused-ring (bicyclic) bond motifs is 4. The van der Waals surface area contributed by atoms with E-state index in [9.17, 15) is 23.9 Å². The molecule has 4 rings (SSSR count). The van der Waals surface area contributed by atoms with Gasteiger partial charge in [-0.05, 0) is 25.0 Å². The first-order valence-corrected chi connectivity index (χ1v) is 9.75. The van der Waals surface area contributed by atoms with Gasteiger partial charge in [0.05, 0.1) is 12.6 Å². The van der Waals surface area contributed by atoms with Gasteiger partial charge in [-0.1, -0.05) is 12.1 Å². The van der Waals surface area contributed by atoms with Crippen molar-refractivity contribution in [3.05, 3.63) is 62.8 Å². The summed E-state index contributed by atoms with van der Waals surface area (Å²) in [5.41, 5.74) is -0.360. The maximum absolute atomic E-state index is 14.0. The lowest BCUT2D eigenvalue weighted by Gasteiger charge is -2.37. The molecule has 1 saturated heterocycles. The fraction of sp³-hybridized carbons (Fsp3) is 0.381. The molecule has 1 unspecified atom stereocenters. The number of aromatic hydroxyl groups is 1. The number of benzene rings is 1. The molecule has 1 aromatic heterocycles. The van der Waals surface area contributed by atoms with Crippen molar-refractivity contribution in [2.75, 3.05) is 26.3 Å².